The molecule has 0 saturated heterocycles. The van der Waals surface area contributed by atoms with Gasteiger partial charge in [-0.15, -0.1) is 11.8 Å². The number of benzene rings is 2. The van der Waals surface area contributed by atoms with E-state index in [0.717, 1.165) is 29.1 Å². The summed E-state index contributed by atoms with van der Waals surface area (Å²) in [7, 11) is 0. The molecular formula is C18H21ClN2S2. The van der Waals surface area contributed by atoms with Gasteiger partial charge in [-0.05, 0) is 62.3 Å². The molecule has 2 nitrogen and oxygen atoms in total. The molecule has 23 heavy (non-hydrogen) atoms. The maximum absolute atomic E-state index is 6.28. The monoisotopic (exact) mass is 364 g/mol. The van der Waals surface area contributed by atoms with Crippen molar-refractivity contribution < 1.29 is 0 Å². The van der Waals surface area contributed by atoms with Crippen LogP contribution in [-0.4, -0.2) is 17.4 Å². The van der Waals surface area contributed by atoms with E-state index in [0.29, 0.717) is 10.1 Å². The fraction of sp³-hybridized carbons (Fsp3) is 0.278. The maximum Gasteiger partial charge on any atom is 0.170 e. The quantitative estimate of drug-likeness (QED) is 0.424. The van der Waals surface area contributed by atoms with Crippen molar-refractivity contribution in [2.45, 2.75) is 25.7 Å². The fourth-order valence-corrected chi connectivity index (χ4v) is 3.54. The third-order valence-electron chi connectivity index (χ3n) is 3.35. The van der Waals surface area contributed by atoms with Crippen LogP contribution < -0.4 is 10.6 Å². The van der Waals surface area contributed by atoms with E-state index in [1.807, 2.05) is 31.7 Å². The smallest absolute Gasteiger partial charge is 0.170 e. The zero-order valence-electron chi connectivity index (χ0n) is 13.6. The predicted molar refractivity (Wildman–Crippen MR) is 107 cm³/mol. The van der Waals surface area contributed by atoms with Gasteiger partial charge in [-0.1, -0.05) is 35.4 Å². The summed E-state index contributed by atoms with van der Waals surface area (Å²) in [5.41, 5.74) is 4.39. The lowest BCUT2D eigenvalue weighted by atomic mass is 10.1. The highest BCUT2D eigenvalue weighted by Crippen LogP contribution is 2.27. The van der Waals surface area contributed by atoms with E-state index in [2.05, 4.69) is 47.9 Å². The lowest BCUT2D eigenvalue weighted by Crippen LogP contribution is -2.30. The summed E-state index contributed by atoms with van der Waals surface area (Å²) in [6.07, 6.45) is 0. The molecule has 0 radical (unpaired) electrons. The van der Waals surface area contributed by atoms with E-state index in [1.54, 1.807) is 0 Å². The van der Waals surface area contributed by atoms with Crippen molar-refractivity contribution in [3.63, 3.8) is 0 Å². The molecule has 5 heteroatoms. The van der Waals surface area contributed by atoms with Crippen LogP contribution in [0.4, 0.5) is 5.69 Å². The number of hydrogen-bond acceptors (Lipinski definition) is 2. The lowest BCUT2D eigenvalue weighted by molar-refractivity contribution is 0.989. The van der Waals surface area contributed by atoms with Gasteiger partial charge < -0.3 is 10.6 Å². The second-order valence-electron chi connectivity index (χ2n) is 5.48. The number of anilines is 1. The van der Waals surface area contributed by atoms with Gasteiger partial charge >= 0.3 is 0 Å². The van der Waals surface area contributed by atoms with Gasteiger partial charge in [0.1, 0.15) is 0 Å². The van der Waals surface area contributed by atoms with E-state index < -0.39 is 0 Å². The molecule has 0 bridgehead atoms. The number of rotatable bonds is 5. The molecule has 0 heterocycles. The van der Waals surface area contributed by atoms with E-state index in [1.165, 1.54) is 10.5 Å². The van der Waals surface area contributed by atoms with Crippen LogP contribution in [0.25, 0.3) is 0 Å². The number of halogens is 1. The van der Waals surface area contributed by atoms with Gasteiger partial charge in [-0.25, -0.2) is 0 Å². The first kappa shape index (κ1) is 18.1. The van der Waals surface area contributed by atoms with E-state index in [9.17, 15) is 0 Å². The standard InChI is InChI=1S/C18H21ClN2S2/c1-12-4-6-15(7-5-12)23-9-8-20-18(22)21-17-14(3)10-13(2)11-16(17)19/h4-7,10-11H,8-9H2,1-3H3,(H2,20,21,22). The van der Waals surface area contributed by atoms with Gasteiger partial charge in [0.05, 0.1) is 10.7 Å². The molecule has 0 aliphatic rings. The molecule has 0 atom stereocenters. The summed E-state index contributed by atoms with van der Waals surface area (Å²) in [5, 5.41) is 7.71. The fourth-order valence-electron chi connectivity index (χ4n) is 2.20. The Morgan fingerprint density at radius 3 is 2.43 bits per heavy atom. The first-order valence-electron chi connectivity index (χ1n) is 7.47. The molecule has 0 aliphatic carbocycles. The first-order valence-corrected chi connectivity index (χ1v) is 9.24. The molecular weight excluding hydrogens is 344 g/mol. The van der Waals surface area contributed by atoms with Crippen LogP contribution in [-0.2, 0) is 0 Å². The summed E-state index contributed by atoms with van der Waals surface area (Å²) in [6, 6.07) is 12.6. The highest BCUT2D eigenvalue weighted by molar-refractivity contribution is 7.99. The Hall–Kier alpha value is -1.23. The second-order valence-corrected chi connectivity index (χ2v) is 7.46. The molecule has 0 saturated carbocycles. The van der Waals surface area contributed by atoms with Gasteiger partial charge in [0, 0.05) is 17.2 Å². The highest BCUT2D eigenvalue weighted by Gasteiger charge is 2.07. The topological polar surface area (TPSA) is 24.1 Å². The van der Waals surface area contributed by atoms with Crippen molar-refractivity contribution in [3.05, 3.63) is 58.1 Å². The molecule has 0 spiro atoms. The number of thiocarbonyl (C=S) groups is 1. The second kappa shape index (κ2) is 8.57. The van der Waals surface area contributed by atoms with Gasteiger partial charge in [0.25, 0.3) is 0 Å². The minimum atomic E-state index is 0.600. The van der Waals surface area contributed by atoms with Gasteiger partial charge in [-0.2, -0.15) is 0 Å². The van der Waals surface area contributed by atoms with Crippen LogP contribution in [0.3, 0.4) is 0 Å². The number of hydrogen-bond donors (Lipinski definition) is 2. The molecule has 0 unspecified atom stereocenters. The SMILES string of the molecule is Cc1ccc(SCCNC(=S)Nc2c(C)cc(C)cc2Cl)cc1. The Labute approximate surface area is 153 Å². The number of thioether (sulfide) groups is 1. The molecule has 0 aromatic heterocycles. The Balaban J connectivity index is 1.78. The zero-order chi connectivity index (χ0) is 16.8. The third-order valence-corrected chi connectivity index (χ3v) is 4.91. The molecule has 122 valence electrons. The zero-order valence-corrected chi connectivity index (χ0v) is 16.0. The molecule has 0 amide bonds. The summed E-state index contributed by atoms with van der Waals surface area (Å²) in [5.74, 6) is 0.950. The van der Waals surface area contributed by atoms with Crippen molar-refractivity contribution in [2.24, 2.45) is 0 Å². The van der Waals surface area contributed by atoms with Crippen LogP contribution in [0, 0.1) is 20.8 Å². The summed E-state index contributed by atoms with van der Waals surface area (Å²) >= 11 is 13.4. The molecule has 2 aromatic carbocycles. The van der Waals surface area contributed by atoms with E-state index in [4.69, 9.17) is 23.8 Å². The Morgan fingerprint density at radius 2 is 1.78 bits per heavy atom. The van der Waals surface area contributed by atoms with Gasteiger partial charge in [-0.3, -0.25) is 0 Å². The van der Waals surface area contributed by atoms with Crippen LogP contribution in [0.5, 0.6) is 0 Å². The number of aryl methyl sites for hydroxylation is 3. The van der Waals surface area contributed by atoms with E-state index in [-0.39, 0.29) is 0 Å². The highest BCUT2D eigenvalue weighted by atomic mass is 35.5. The summed E-state index contributed by atoms with van der Waals surface area (Å²) < 4.78 is 0. The van der Waals surface area contributed by atoms with Crippen molar-refractivity contribution >= 4 is 46.4 Å². The summed E-state index contributed by atoms with van der Waals surface area (Å²) in [6.45, 7) is 6.95. The molecule has 2 N–H and O–H groups in total. The minimum absolute atomic E-state index is 0.600. The van der Waals surface area contributed by atoms with Crippen molar-refractivity contribution in [1.82, 2.24) is 5.32 Å². The Morgan fingerprint density at radius 1 is 1.09 bits per heavy atom. The van der Waals surface area contributed by atoms with E-state index >= 15 is 0 Å². The predicted octanol–water partition coefficient (Wildman–Crippen LogP) is 5.34. The van der Waals surface area contributed by atoms with Gasteiger partial charge in [0.15, 0.2) is 5.11 Å². The average molecular weight is 365 g/mol. The third kappa shape index (κ3) is 5.72. The maximum atomic E-state index is 6.28. The van der Waals surface area contributed by atoms with Crippen LogP contribution in [0.1, 0.15) is 16.7 Å². The molecule has 0 aliphatic heterocycles. The van der Waals surface area contributed by atoms with Crippen molar-refractivity contribution in [2.75, 3.05) is 17.6 Å². The van der Waals surface area contributed by atoms with Crippen molar-refractivity contribution in [3.8, 4) is 0 Å². The molecule has 0 fully saturated rings. The number of nitrogens with one attached hydrogen (secondary N) is 2. The largest absolute Gasteiger partial charge is 0.362 e. The van der Waals surface area contributed by atoms with Crippen LogP contribution in [0.2, 0.25) is 5.02 Å². The van der Waals surface area contributed by atoms with Crippen LogP contribution >= 0.6 is 35.6 Å². The molecule has 2 aromatic rings. The Kier molecular flexibility index (Phi) is 6.75. The van der Waals surface area contributed by atoms with Crippen molar-refractivity contribution in [1.29, 1.82) is 0 Å². The van der Waals surface area contributed by atoms with Crippen LogP contribution in [0.15, 0.2) is 41.3 Å². The first-order chi connectivity index (χ1) is 11.0. The van der Waals surface area contributed by atoms with Gasteiger partial charge in [0.2, 0.25) is 0 Å². The average Bonchev–Trinajstić information content (AvgIpc) is 2.49. The lowest BCUT2D eigenvalue weighted by Gasteiger charge is -2.14. The molecule has 2 rings (SSSR count). The minimum Gasteiger partial charge on any atom is -0.362 e. The summed E-state index contributed by atoms with van der Waals surface area (Å²) in [4.78, 5) is 1.27. The Bertz CT molecular complexity index is 661. The normalized spacial score (nSPS) is 10.4.